The maximum atomic E-state index is 12.2. The summed E-state index contributed by atoms with van der Waals surface area (Å²) in [6.45, 7) is 3.93. The van der Waals surface area contributed by atoms with Crippen molar-refractivity contribution in [3.05, 3.63) is 71.9 Å². The summed E-state index contributed by atoms with van der Waals surface area (Å²) in [6.07, 6.45) is 1.67. The van der Waals surface area contributed by atoms with E-state index in [2.05, 4.69) is 21.4 Å². The number of oxazole rings is 1. The van der Waals surface area contributed by atoms with Gasteiger partial charge in [0.15, 0.2) is 17.8 Å². The number of ether oxygens (including phenoxy) is 1. The second-order valence-electron chi connectivity index (χ2n) is 6.58. The molecule has 0 saturated heterocycles. The van der Waals surface area contributed by atoms with Crippen LogP contribution >= 0.6 is 0 Å². The van der Waals surface area contributed by atoms with Gasteiger partial charge in [0.2, 0.25) is 5.89 Å². The fourth-order valence-electron chi connectivity index (χ4n) is 2.95. The van der Waals surface area contributed by atoms with Crippen LogP contribution in [0.15, 0.2) is 65.2 Å². The molecule has 2 aromatic carbocycles. The number of hydrogen-bond acceptors (Lipinski definition) is 5. The molecule has 4 aromatic rings. The van der Waals surface area contributed by atoms with Crippen molar-refractivity contribution in [2.45, 2.75) is 13.8 Å². The Bertz CT molecular complexity index is 1080. The van der Waals surface area contributed by atoms with Crippen molar-refractivity contribution in [1.82, 2.24) is 9.97 Å². The lowest BCUT2D eigenvalue weighted by molar-refractivity contribution is -0.118. The van der Waals surface area contributed by atoms with Crippen LogP contribution in [0, 0.1) is 13.8 Å². The molecular weight excluding hydrogens is 354 g/mol. The zero-order chi connectivity index (χ0) is 19.5. The SMILES string of the molecule is Cc1cc(C)cc(OCC(=O)Nc2ccc(-c3nc4ncccc4o3)cc2)c1. The minimum absolute atomic E-state index is 0.0541. The van der Waals surface area contributed by atoms with E-state index in [-0.39, 0.29) is 12.5 Å². The number of benzene rings is 2. The van der Waals surface area contributed by atoms with E-state index in [4.69, 9.17) is 9.15 Å². The molecule has 1 amide bonds. The predicted octanol–water partition coefficient (Wildman–Crippen LogP) is 4.52. The van der Waals surface area contributed by atoms with Crippen LogP contribution in [0.5, 0.6) is 5.75 Å². The minimum Gasteiger partial charge on any atom is -0.484 e. The van der Waals surface area contributed by atoms with Gasteiger partial charge in [0.25, 0.3) is 5.91 Å². The molecule has 1 N–H and O–H groups in total. The Morgan fingerprint density at radius 1 is 1.07 bits per heavy atom. The fraction of sp³-hybridized carbons (Fsp3) is 0.136. The highest BCUT2D eigenvalue weighted by atomic mass is 16.5. The molecule has 2 heterocycles. The third-order valence-corrected chi connectivity index (χ3v) is 4.15. The number of carbonyl (C=O) groups is 1. The van der Waals surface area contributed by atoms with Crippen molar-refractivity contribution in [1.29, 1.82) is 0 Å². The summed E-state index contributed by atoms with van der Waals surface area (Å²) in [6, 6.07) is 16.8. The van der Waals surface area contributed by atoms with Gasteiger partial charge in [0.05, 0.1) is 0 Å². The number of anilines is 1. The van der Waals surface area contributed by atoms with E-state index >= 15 is 0 Å². The van der Waals surface area contributed by atoms with Crippen LogP contribution in [0.2, 0.25) is 0 Å². The maximum Gasteiger partial charge on any atom is 0.262 e. The maximum absolute atomic E-state index is 12.2. The second kappa shape index (κ2) is 7.52. The first kappa shape index (κ1) is 17.7. The smallest absolute Gasteiger partial charge is 0.262 e. The number of pyridine rings is 1. The zero-order valence-corrected chi connectivity index (χ0v) is 15.6. The fourth-order valence-corrected chi connectivity index (χ4v) is 2.95. The predicted molar refractivity (Wildman–Crippen MR) is 107 cm³/mol. The van der Waals surface area contributed by atoms with Crippen LogP contribution < -0.4 is 10.1 Å². The van der Waals surface area contributed by atoms with Crippen LogP contribution in [0.3, 0.4) is 0 Å². The molecule has 0 atom stereocenters. The molecule has 2 aromatic heterocycles. The monoisotopic (exact) mass is 373 g/mol. The Hall–Kier alpha value is -3.67. The van der Waals surface area contributed by atoms with E-state index in [1.807, 2.05) is 44.2 Å². The summed E-state index contributed by atoms with van der Waals surface area (Å²) >= 11 is 0. The number of aromatic nitrogens is 2. The zero-order valence-electron chi connectivity index (χ0n) is 15.6. The molecule has 0 fully saturated rings. The van der Waals surface area contributed by atoms with Crippen molar-refractivity contribution < 1.29 is 13.9 Å². The van der Waals surface area contributed by atoms with Crippen LogP contribution in [-0.2, 0) is 4.79 Å². The number of nitrogens with one attached hydrogen (secondary N) is 1. The molecule has 0 aliphatic carbocycles. The highest BCUT2D eigenvalue weighted by Gasteiger charge is 2.09. The van der Waals surface area contributed by atoms with Gasteiger partial charge in [0.1, 0.15) is 5.75 Å². The molecule has 0 aliphatic heterocycles. The Morgan fingerprint density at radius 2 is 1.82 bits per heavy atom. The summed E-state index contributed by atoms with van der Waals surface area (Å²) in [5.41, 5.74) is 4.88. The Morgan fingerprint density at radius 3 is 2.54 bits per heavy atom. The van der Waals surface area contributed by atoms with Gasteiger partial charge < -0.3 is 14.5 Å². The molecule has 0 aliphatic rings. The lowest BCUT2D eigenvalue weighted by Gasteiger charge is -2.09. The molecule has 0 unspecified atom stereocenters. The lowest BCUT2D eigenvalue weighted by Crippen LogP contribution is -2.20. The number of nitrogens with zero attached hydrogens (tertiary/aromatic N) is 2. The average molecular weight is 373 g/mol. The van der Waals surface area contributed by atoms with Gasteiger partial charge in [0, 0.05) is 17.4 Å². The number of rotatable bonds is 5. The van der Waals surface area contributed by atoms with Crippen molar-refractivity contribution in [2.24, 2.45) is 0 Å². The highest BCUT2D eigenvalue weighted by molar-refractivity contribution is 5.92. The topological polar surface area (TPSA) is 77.2 Å². The summed E-state index contributed by atoms with van der Waals surface area (Å²) in [7, 11) is 0. The number of hydrogen-bond donors (Lipinski definition) is 1. The molecule has 6 heteroatoms. The van der Waals surface area contributed by atoms with Gasteiger partial charge >= 0.3 is 0 Å². The number of carbonyl (C=O) groups excluding carboxylic acids is 1. The van der Waals surface area contributed by atoms with Crippen LogP contribution in [0.4, 0.5) is 5.69 Å². The van der Waals surface area contributed by atoms with Crippen molar-refractivity contribution in [3.63, 3.8) is 0 Å². The van der Waals surface area contributed by atoms with E-state index in [9.17, 15) is 4.79 Å². The summed E-state index contributed by atoms with van der Waals surface area (Å²) in [5, 5.41) is 2.82. The van der Waals surface area contributed by atoms with Crippen molar-refractivity contribution in [2.75, 3.05) is 11.9 Å². The minimum atomic E-state index is -0.224. The van der Waals surface area contributed by atoms with Crippen molar-refractivity contribution >= 4 is 22.8 Å². The largest absolute Gasteiger partial charge is 0.484 e. The molecular formula is C22H19N3O3. The van der Waals surface area contributed by atoms with Gasteiger partial charge in [-0.25, -0.2) is 4.98 Å². The summed E-state index contributed by atoms with van der Waals surface area (Å²) in [5.74, 6) is 0.954. The lowest BCUT2D eigenvalue weighted by atomic mass is 10.1. The van der Waals surface area contributed by atoms with Gasteiger partial charge in [-0.05, 0) is 73.5 Å². The van der Waals surface area contributed by atoms with Gasteiger partial charge in [-0.2, -0.15) is 4.98 Å². The van der Waals surface area contributed by atoms with Crippen LogP contribution in [0.25, 0.3) is 22.7 Å². The molecule has 140 valence electrons. The Kier molecular flexibility index (Phi) is 4.76. The normalized spacial score (nSPS) is 10.8. The van der Waals surface area contributed by atoms with Gasteiger partial charge in [-0.15, -0.1) is 0 Å². The second-order valence-corrected chi connectivity index (χ2v) is 6.58. The molecule has 6 nitrogen and oxygen atoms in total. The number of amides is 1. The first-order valence-electron chi connectivity index (χ1n) is 8.90. The molecule has 0 bridgehead atoms. The van der Waals surface area contributed by atoms with E-state index < -0.39 is 0 Å². The third-order valence-electron chi connectivity index (χ3n) is 4.15. The quantitative estimate of drug-likeness (QED) is 0.556. The third kappa shape index (κ3) is 4.01. The molecule has 0 saturated carbocycles. The molecule has 0 radical (unpaired) electrons. The molecule has 0 spiro atoms. The first-order chi connectivity index (χ1) is 13.6. The molecule has 4 rings (SSSR count). The van der Waals surface area contributed by atoms with E-state index in [0.29, 0.717) is 28.6 Å². The van der Waals surface area contributed by atoms with Gasteiger partial charge in [-0.1, -0.05) is 6.07 Å². The van der Waals surface area contributed by atoms with E-state index in [0.717, 1.165) is 16.7 Å². The average Bonchev–Trinajstić information content (AvgIpc) is 3.10. The first-order valence-corrected chi connectivity index (χ1v) is 8.90. The molecule has 28 heavy (non-hydrogen) atoms. The number of aryl methyl sites for hydroxylation is 2. The standard InChI is InChI=1S/C22H19N3O3/c1-14-10-15(2)12-18(11-14)27-13-20(26)24-17-7-5-16(6-8-17)22-25-21-19(28-22)4-3-9-23-21/h3-12H,13H2,1-2H3,(H,24,26). The van der Waals surface area contributed by atoms with Crippen LogP contribution in [-0.4, -0.2) is 22.5 Å². The Balaban J connectivity index is 1.39. The van der Waals surface area contributed by atoms with Crippen LogP contribution in [0.1, 0.15) is 11.1 Å². The Labute approximate surface area is 162 Å². The highest BCUT2D eigenvalue weighted by Crippen LogP contribution is 2.24. The van der Waals surface area contributed by atoms with E-state index in [1.54, 1.807) is 24.4 Å². The number of fused-ring (bicyclic) bond motifs is 1. The van der Waals surface area contributed by atoms with Gasteiger partial charge in [-0.3, -0.25) is 4.79 Å². The van der Waals surface area contributed by atoms with E-state index in [1.165, 1.54) is 0 Å². The van der Waals surface area contributed by atoms with Crippen molar-refractivity contribution in [3.8, 4) is 17.2 Å². The summed E-state index contributed by atoms with van der Waals surface area (Å²) in [4.78, 5) is 20.7. The summed E-state index contributed by atoms with van der Waals surface area (Å²) < 4.78 is 11.3.